The van der Waals surface area contributed by atoms with Gasteiger partial charge in [-0.1, -0.05) is 30.3 Å². The number of halogens is 3. The Hall–Kier alpha value is -2.56. The summed E-state index contributed by atoms with van der Waals surface area (Å²) in [6, 6.07) is 14.4. The van der Waals surface area contributed by atoms with E-state index in [1.54, 1.807) is 12.1 Å². The molecule has 2 nitrogen and oxygen atoms in total. The Labute approximate surface area is 143 Å². The summed E-state index contributed by atoms with van der Waals surface area (Å²) < 4.78 is 44.9. The number of benzene rings is 2. The fourth-order valence-electron chi connectivity index (χ4n) is 2.53. The van der Waals surface area contributed by atoms with Crippen LogP contribution in [-0.2, 0) is 6.18 Å². The lowest BCUT2D eigenvalue weighted by atomic mass is 10.1. The molecule has 0 aliphatic heterocycles. The van der Waals surface area contributed by atoms with Crippen LogP contribution < -0.4 is 5.55 Å². The molecule has 0 saturated heterocycles. The second-order valence-electron chi connectivity index (χ2n) is 6.86. The van der Waals surface area contributed by atoms with E-state index in [0.717, 1.165) is 22.9 Å². The van der Waals surface area contributed by atoms with Crippen molar-refractivity contribution in [2.45, 2.75) is 32.5 Å². The first-order valence-electron chi connectivity index (χ1n) is 7.90. The van der Waals surface area contributed by atoms with Gasteiger partial charge in [-0.3, -0.25) is 0 Å². The van der Waals surface area contributed by atoms with E-state index in [0.29, 0.717) is 16.9 Å². The topological polar surface area (TPSA) is 25.5 Å². The Balaban J connectivity index is 2.27. The number of hydrogen-bond donors (Lipinski definition) is 0. The lowest BCUT2D eigenvalue weighted by molar-refractivity contribution is -0.137. The molecule has 0 aliphatic carbocycles. The average Bonchev–Trinajstić information content (AvgIpc) is 2.52. The molecule has 0 radical (unpaired) electrons. The zero-order valence-electron chi connectivity index (χ0n) is 14.2. The van der Waals surface area contributed by atoms with Gasteiger partial charge in [0.1, 0.15) is 5.76 Å². The first-order chi connectivity index (χ1) is 11.6. The maximum Gasteiger partial charge on any atom is 0.416 e. The Kier molecular flexibility index (Phi) is 4.19. The van der Waals surface area contributed by atoms with Gasteiger partial charge in [-0.2, -0.15) is 13.2 Å². The van der Waals surface area contributed by atoms with Crippen molar-refractivity contribution in [1.29, 1.82) is 0 Å². The minimum absolute atomic E-state index is 0.354. The molecule has 0 atom stereocenters. The molecule has 1 aromatic heterocycles. The first-order valence-corrected chi connectivity index (χ1v) is 7.90. The van der Waals surface area contributed by atoms with Gasteiger partial charge >= 0.3 is 6.18 Å². The summed E-state index contributed by atoms with van der Waals surface area (Å²) in [6.07, 6.45) is -4.40. The zero-order chi connectivity index (χ0) is 18.2. The van der Waals surface area contributed by atoms with Gasteiger partial charge < -0.3 is 4.42 Å². The molecule has 130 valence electrons. The molecule has 3 aromatic rings. The first kappa shape index (κ1) is 17.3. The van der Waals surface area contributed by atoms with Crippen LogP contribution in [0.15, 0.2) is 64.0 Å². The standard InChI is InChI=1S/C20H18F3NO/c1-19(2,3)24-18-16-10-5-4-7-13(16)12-17(25-18)14-8-6-9-15(11-14)20(21,22)23/h4-12H,1-3H3. The number of alkyl halides is 3. The van der Waals surface area contributed by atoms with Gasteiger partial charge in [-0.25, -0.2) is 4.99 Å². The minimum Gasteiger partial charge on any atom is -0.438 e. The van der Waals surface area contributed by atoms with Crippen molar-refractivity contribution in [3.8, 4) is 11.3 Å². The maximum absolute atomic E-state index is 13.0. The number of nitrogens with zero attached hydrogens (tertiary/aromatic N) is 1. The summed E-state index contributed by atoms with van der Waals surface area (Å²) in [5.41, 5.74) is -0.301. The molecule has 3 rings (SSSR count). The van der Waals surface area contributed by atoms with Crippen LogP contribution in [0.5, 0.6) is 0 Å². The molecule has 5 heteroatoms. The molecule has 1 heterocycles. The average molecular weight is 345 g/mol. The van der Waals surface area contributed by atoms with Crippen molar-refractivity contribution in [2.24, 2.45) is 4.99 Å². The third kappa shape index (κ3) is 3.92. The third-order valence-corrected chi connectivity index (χ3v) is 3.60. The highest BCUT2D eigenvalue weighted by Gasteiger charge is 2.30. The summed E-state index contributed by atoms with van der Waals surface area (Å²) in [5, 5.41) is 1.69. The largest absolute Gasteiger partial charge is 0.438 e. The second kappa shape index (κ2) is 6.06. The fraction of sp³-hybridized carbons (Fsp3) is 0.250. The van der Waals surface area contributed by atoms with Gasteiger partial charge in [0, 0.05) is 10.9 Å². The van der Waals surface area contributed by atoms with Crippen LogP contribution >= 0.6 is 0 Å². The van der Waals surface area contributed by atoms with Crippen molar-refractivity contribution < 1.29 is 17.6 Å². The Morgan fingerprint density at radius 2 is 1.60 bits per heavy atom. The molecule has 0 bridgehead atoms. The van der Waals surface area contributed by atoms with E-state index >= 15 is 0 Å². The molecule has 0 aliphatic rings. The summed E-state index contributed by atoms with van der Waals surface area (Å²) in [4.78, 5) is 4.59. The van der Waals surface area contributed by atoms with Crippen molar-refractivity contribution in [3.63, 3.8) is 0 Å². The van der Waals surface area contributed by atoms with Gasteiger partial charge in [0.05, 0.1) is 11.1 Å². The molecular formula is C20H18F3NO. The maximum atomic E-state index is 13.0. The highest BCUT2D eigenvalue weighted by atomic mass is 19.4. The van der Waals surface area contributed by atoms with E-state index in [1.807, 2.05) is 45.0 Å². The molecule has 0 N–H and O–H groups in total. The van der Waals surface area contributed by atoms with Crippen molar-refractivity contribution >= 4 is 10.8 Å². The molecular weight excluding hydrogens is 327 g/mol. The van der Waals surface area contributed by atoms with Crippen molar-refractivity contribution in [3.05, 3.63) is 65.7 Å². The smallest absolute Gasteiger partial charge is 0.416 e. The summed E-state index contributed by atoms with van der Waals surface area (Å²) >= 11 is 0. The van der Waals surface area contributed by atoms with Crippen LogP contribution in [0.4, 0.5) is 13.2 Å². The van der Waals surface area contributed by atoms with Crippen LogP contribution in [0.2, 0.25) is 0 Å². The Morgan fingerprint density at radius 3 is 2.28 bits per heavy atom. The Bertz CT molecular complexity index is 978. The second-order valence-corrected chi connectivity index (χ2v) is 6.86. The quantitative estimate of drug-likeness (QED) is 0.546. The zero-order valence-corrected chi connectivity index (χ0v) is 14.2. The summed E-state index contributed by atoms with van der Waals surface area (Å²) in [7, 11) is 0. The van der Waals surface area contributed by atoms with Gasteiger partial charge in [0.15, 0.2) is 0 Å². The van der Waals surface area contributed by atoms with E-state index in [2.05, 4.69) is 4.99 Å². The van der Waals surface area contributed by atoms with E-state index in [4.69, 9.17) is 4.42 Å². The lowest BCUT2D eigenvalue weighted by Gasteiger charge is -2.12. The fourth-order valence-corrected chi connectivity index (χ4v) is 2.53. The van der Waals surface area contributed by atoms with E-state index < -0.39 is 11.7 Å². The van der Waals surface area contributed by atoms with Gasteiger partial charge in [-0.15, -0.1) is 0 Å². The molecule has 0 fully saturated rings. The summed E-state index contributed by atoms with van der Waals surface area (Å²) in [6.45, 7) is 5.82. The van der Waals surface area contributed by atoms with Gasteiger partial charge in [0.25, 0.3) is 0 Å². The van der Waals surface area contributed by atoms with E-state index in [-0.39, 0.29) is 5.54 Å². The van der Waals surface area contributed by atoms with Crippen LogP contribution in [0.1, 0.15) is 26.3 Å². The number of fused-ring (bicyclic) bond motifs is 1. The lowest BCUT2D eigenvalue weighted by Crippen LogP contribution is -2.17. The van der Waals surface area contributed by atoms with Gasteiger partial charge in [0.2, 0.25) is 5.55 Å². The third-order valence-electron chi connectivity index (χ3n) is 3.60. The van der Waals surface area contributed by atoms with Crippen molar-refractivity contribution in [2.75, 3.05) is 0 Å². The Morgan fingerprint density at radius 1 is 0.880 bits per heavy atom. The van der Waals surface area contributed by atoms with Crippen LogP contribution in [0, 0.1) is 0 Å². The normalized spacial score (nSPS) is 13.4. The molecule has 0 unspecified atom stereocenters. The molecule has 25 heavy (non-hydrogen) atoms. The highest BCUT2D eigenvalue weighted by Crippen LogP contribution is 2.32. The predicted molar refractivity (Wildman–Crippen MR) is 92.0 cm³/mol. The number of hydrogen-bond acceptors (Lipinski definition) is 2. The monoisotopic (exact) mass is 345 g/mol. The van der Waals surface area contributed by atoms with E-state index in [1.165, 1.54) is 6.07 Å². The van der Waals surface area contributed by atoms with Crippen LogP contribution in [0.3, 0.4) is 0 Å². The van der Waals surface area contributed by atoms with Crippen LogP contribution in [-0.4, -0.2) is 5.54 Å². The van der Waals surface area contributed by atoms with Crippen LogP contribution in [0.25, 0.3) is 22.1 Å². The molecule has 2 aromatic carbocycles. The predicted octanol–water partition coefficient (Wildman–Crippen LogP) is 5.82. The molecule has 0 spiro atoms. The minimum atomic E-state index is -4.40. The van der Waals surface area contributed by atoms with E-state index in [9.17, 15) is 13.2 Å². The SMILES string of the molecule is CC(C)(C)N=c1oc(-c2cccc(C(F)(F)F)c2)cc2ccccc12. The molecule has 0 amide bonds. The van der Waals surface area contributed by atoms with Gasteiger partial charge in [-0.05, 0) is 50.4 Å². The number of rotatable bonds is 1. The molecule has 0 saturated carbocycles. The van der Waals surface area contributed by atoms with Crippen molar-refractivity contribution in [1.82, 2.24) is 0 Å². The summed E-state index contributed by atoms with van der Waals surface area (Å²) in [5.74, 6) is 0.354. The highest BCUT2D eigenvalue weighted by molar-refractivity contribution is 5.84.